The van der Waals surface area contributed by atoms with Crippen molar-refractivity contribution in [2.24, 2.45) is 0 Å². The molecule has 0 aromatic carbocycles. The van der Waals surface area contributed by atoms with Crippen LogP contribution in [0.25, 0.3) is 0 Å². The van der Waals surface area contributed by atoms with E-state index >= 15 is 0 Å². The smallest absolute Gasteiger partial charge is 0.319 e. The number of alkyl halides is 3. The van der Waals surface area contributed by atoms with E-state index in [1.165, 1.54) is 24.4 Å². The normalized spacial score (nSPS) is 10.8. The van der Waals surface area contributed by atoms with E-state index in [2.05, 4.69) is 15.3 Å². The summed E-state index contributed by atoms with van der Waals surface area (Å²) in [5, 5.41) is 10.9. The minimum absolute atomic E-state index is 0.158. The molecule has 2 aromatic rings. The number of carbonyl (C=O) groups excluding carboxylic acids is 1. The van der Waals surface area contributed by atoms with E-state index in [4.69, 9.17) is 5.26 Å². The molecular formula is C13H7F3N4O. The molecule has 0 atom stereocenters. The van der Waals surface area contributed by atoms with Crippen molar-refractivity contribution in [1.29, 1.82) is 5.26 Å². The molecule has 1 amide bonds. The highest BCUT2D eigenvalue weighted by Crippen LogP contribution is 2.27. The number of nitrogens with zero attached hydrogens (tertiary/aromatic N) is 3. The van der Waals surface area contributed by atoms with Gasteiger partial charge in [0.25, 0.3) is 5.91 Å². The minimum Gasteiger partial charge on any atom is -0.319 e. The van der Waals surface area contributed by atoms with Gasteiger partial charge in [0, 0.05) is 0 Å². The van der Waals surface area contributed by atoms with Crippen molar-refractivity contribution in [3.8, 4) is 6.07 Å². The first kappa shape index (κ1) is 14.5. The van der Waals surface area contributed by atoms with E-state index in [1.54, 1.807) is 6.07 Å². The van der Waals surface area contributed by atoms with Crippen LogP contribution in [0.15, 0.2) is 36.5 Å². The van der Waals surface area contributed by atoms with Gasteiger partial charge in [-0.15, -0.1) is 0 Å². The lowest BCUT2D eigenvalue weighted by atomic mass is 10.2. The second kappa shape index (κ2) is 5.58. The molecule has 0 fully saturated rings. The first-order chi connectivity index (χ1) is 9.90. The van der Waals surface area contributed by atoms with E-state index in [-0.39, 0.29) is 17.1 Å². The van der Waals surface area contributed by atoms with Gasteiger partial charge in [-0.25, -0.2) is 9.97 Å². The van der Waals surface area contributed by atoms with Crippen LogP contribution >= 0.6 is 0 Å². The van der Waals surface area contributed by atoms with Gasteiger partial charge in [0.2, 0.25) is 0 Å². The van der Waals surface area contributed by atoms with Gasteiger partial charge >= 0.3 is 6.18 Å². The van der Waals surface area contributed by atoms with Crippen LogP contribution in [-0.2, 0) is 6.18 Å². The SMILES string of the molecule is N#Cc1ccc(NC(=O)c2cccc(C(F)(F)F)n2)cn1. The van der Waals surface area contributed by atoms with Gasteiger partial charge in [-0.1, -0.05) is 6.07 Å². The third-order valence-corrected chi connectivity index (χ3v) is 2.41. The fraction of sp³-hybridized carbons (Fsp3) is 0.0769. The monoisotopic (exact) mass is 292 g/mol. The largest absolute Gasteiger partial charge is 0.433 e. The summed E-state index contributed by atoms with van der Waals surface area (Å²) >= 11 is 0. The Morgan fingerprint density at radius 2 is 2.00 bits per heavy atom. The molecule has 0 saturated carbocycles. The van der Waals surface area contributed by atoms with Crippen molar-refractivity contribution in [3.63, 3.8) is 0 Å². The Labute approximate surface area is 117 Å². The highest BCUT2D eigenvalue weighted by Gasteiger charge is 2.32. The van der Waals surface area contributed by atoms with Crippen LogP contribution in [-0.4, -0.2) is 15.9 Å². The molecule has 8 heteroatoms. The maximum absolute atomic E-state index is 12.5. The molecule has 106 valence electrons. The molecule has 1 N–H and O–H groups in total. The summed E-state index contributed by atoms with van der Waals surface area (Å²) in [6.07, 6.45) is -3.39. The first-order valence-corrected chi connectivity index (χ1v) is 5.62. The highest BCUT2D eigenvalue weighted by molar-refractivity contribution is 6.02. The zero-order valence-electron chi connectivity index (χ0n) is 10.3. The van der Waals surface area contributed by atoms with Crippen LogP contribution < -0.4 is 5.32 Å². The number of aromatic nitrogens is 2. The van der Waals surface area contributed by atoms with Crippen LogP contribution in [0, 0.1) is 11.3 Å². The maximum atomic E-state index is 12.5. The van der Waals surface area contributed by atoms with Crippen LogP contribution in [0.5, 0.6) is 0 Å². The third-order valence-electron chi connectivity index (χ3n) is 2.41. The lowest BCUT2D eigenvalue weighted by Crippen LogP contribution is -2.17. The van der Waals surface area contributed by atoms with Crippen molar-refractivity contribution in [1.82, 2.24) is 9.97 Å². The molecule has 0 aliphatic rings. The van der Waals surface area contributed by atoms with Crippen molar-refractivity contribution >= 4 is 11.6 Å². The lowest BCUT2D eigenvalue weighted by molar-refractivity contribution is -0.141. The quantitative estimate of drug-likeness (QED) is 0.922. The predicted octanol–water partition coefficient (Wildman–Crippen LogP) is 2.62. The summed E-state index contributed by atoms with van der Waals surface area (Å²) in [5.41, 5.74) is -1.11. The predicted molar refractivity (Wildman–Crippen MR) is 66.1 cm³/mol. The van der Waals surface area contributed by atoms with Gasteiger partial charge in [-0.3, -0.25) is 4.79 Å². The summed E-state index contributed by atoms with van der Waals surface area (Å²) in [6.45, 7) is 0. The molecule has 0 radical (unpaired) electrons. The fourth-order valence-corrected chi connectivity index (χ4v) is 1.45. The molecule has 0 aliphatic heterocycles. The number of hydrogen-bond acceptors (Lipinski definition) is 4. The second-order valence-corrected chi connectivity index (χ2v) is 3.90. The fourth-order valence-electron chi connectivity index (χ4n) is 1.45. The number of hydrogen-bond donors (Lipinski definition) is 1. The van der Waals surface area contributed by atoms with Crippen molar-refractivity contribution in [3.05, 3.63) is 53.6 Å². The van der Waals surface area contributed by atoms with Crippen LogP contribution in [0.2, 0.25) is 0 Å². The second-order valence-electron chi connectivity index (χ2n) is 3.90. The van der Waals surface area contributed by atoms with Crippen molar-refractivity contribution in [2.45, 2.75) is 6.18 Å². The Kier molecular flexibility index (Phi) is 3.84. The molecule has 0 unspecified atom stereocenters. The Morgan fingerprint density at radius 3 is 2.57 bits per heavy atom. The van der Waals surface area contributed by atoms with E-state index < -0.39 is 17.8 Å². The summed E-state index contributed by atoms with van der Waals surface area (Å²) < 4.78 is 37.5. The van der Waals surface area contributed by atoms with Crippen LogP contribution in [0.3, 0.4) is 0 Å². The van der Waals surface area contributed by atoms with Crippen LogP contribution in [0.4, 0.5) is 18.9 Å². The number of rotatable bonds is 2. The molecule has 5 nitrogen and oxygen atoms in total. The number of nitriles is 1. The topological polar surface area (TPSA) is 78.7 Å². The number of pyridine rings is 2. The van der Waals surface area contributed by atoms with Gasteiger partial charge in [-0.05, 0) is 24.3 Å². The van der Waals surface area contributed by atoms with Gasteiger partial charge < -0.3 is 5.32 Å². The summed E-state index contributed by atoms with van der Waals surface area (Å²) in [4.78, 5) is 18.8. The van der Waals surface area contributed by atoms with Crippen molar-refractivity contribution < 1.29 is 18.0 Å². The molecule has 2 rings (SSSR count). The third kappa shape index (κ3) is 3.54. The Bertz CT molecular complexity index is 705. The molecule has 2 aromatic heterocycles. The van der Waals surface area contributed by atoms with E-state index in [1.807, 2.05) is 0 Å². The summed E-state index contributed by atoms with van der Waals surface area (Å²) in [6, 6.07) is 7.63. The molecule has 0 bridgehead atoms. The van der Waals surface area contributed by atoms with Gasteiger partial charge in [0.05, 0.1) is 11.9 Å². The van der Waals surface area contributed by atoms with E-state index in [9.17, 15) is 18.0 Å². The molecule has 0 saturated heterocycles. The number of amides is 1. The standard InChI is InChI=1S/C13H7F3N4O/c14-13(15,16)11-3-1-2-10(20-11)12(21)19-9-5-4-8(6-17)18-7-9/h1-5,7H,(H,19,21). The molecular weight excluding hydrogens is 285 g/mol. The molecule has 21 heavy (non-hydrogen) atoms. The minimum atomic E-state index is -4.62. The average molecular weight is 292 g/mol. The number of carbonyl (C=O) groups is 1. The van der Waals surface area contributed by atoms with Gasteiger partial charge in [0.15, 0.2) is 0 Å². The molecule has 0 spiro atoms. The van der Waals surface area contributed by atoms with E-state index in [0.717, 1.165) is 12.1 Å². The number of halogens is 3. The summed E-state index contributed by atoms with van der Waals surface area (Å²) in [7, 11) is 0. The zero-order chi connectivity index (χ0) is 15.5. The molecule has 0 aliphatic carbocycles. The average Bonchev–Trinajstić information content (AvgIpc) is 2.47. The van der Waals surface area contributed by atoms with Gasteiger partial charge in [0.1, 0.15) is 23.2 Å². The van der Waals surface area contributed by atoms with Crippen LogP contribution in [0.1, 0.15) is 21.9 Å². The molecule has 2 heterocycles. The lowest BCUT2D eigenvalue weighted by Gasteiger charge is -2.08. The number of nitrogens with one attached hydrogen (secondary N) is 1. The Morgan fingerprint density at radius 1 is 1.24 bits per heavy atom. The summed E-state index contributed by atoms with van der Waals surface area (Å²) in [5.74, 6) is -0.799. The van der Waals surface area contributed by atoms with Gasteiger partial charge in [-0.2, -0.15) is 18.4 Å². The maximum Gasteiger partial charge on any atom is 0.433 e. The Balaban J connectivity index is 2.18. The Hall–Kier alpha value is -2.95. The first-order valence-electron chi connectivity index (χ1n) is 5.62. The zero-order valence-corrected chi connectivity index (χ0v) is 10.3. The highest BCUT2D eigenvalue weighted by atomic mass is 19.4. The number of anilines is 1. The van der Waals surface area contributed by atoms with E-state index in [0.29, 0.717) is 0 Å². The van der Waals surface area contributed by atoms with Crippen molar-refractivity contribution in [2.75, 3.05) is 5.32 Å².